The number of carbonyl (C=O) groups is 4. The maximum Gasteiger partial charge on any atom is 0.344 e. The van der Waals surface area contributed by atoms with Crippen LogP contribution in [0, 0.1) is 13.8 Å². The van der Waals surface area contributed by atoms with Gasteiger partial charge in [0.15, 0.2) is 18.5 Å². The molecule has 154 valence electrons. The predicted octanol–water partition coefficient (Wildman–Crippen LogP) is 2.81. The minimum absolute atomic E-state index is 0.125. The number of Topliss-reactive ketones (excluding diaryl/α,β-unsaturated/α-hetero) is 2. The quantitative estimate of drug-likeness (QED) is 0.535. The monoisotopic (exact) mass is 401 g/mol. The number of carbonyl (C=O) groups excluding carboxylic acids is 4. The third-order valence-corrected chi connectivity index (χ3v) is 4.35. The number of benzene rings is 1. The Bertz CT molecular complexity index is 958. The van der Waals surface area contributed by atoms with Gasteiger partial charge in [0.2, 0.25) is 5.78 Å². The van der Waals surface area contributed by atoms with Crippen molar-refractivity contribution in [3.8, 4) is 5.75 Å². The van der Waals surface area contributed by atoms with Gasteiger partial charge in [-0.2, -0.15) is 0 Å². The standard InChI is InChI=1S/C21H23NO7/c1-11-18(21(26)27-5)12(2)22-19(11)20(25)14(4)29-17(24)10-28-16-8-6-7-15(9-16)13(3)23/h6-9,14,22H,10H2,1-5H3/t14-/m1/s1. The molecular formula is C21H23NO7. The fourth-order valence-electron chi connectivity index (χ4n) is 2.84. The Labute approximate surface area is 168 Å². The molecule has 1 N–H and O–H groups in total. The van der Waals surface area contributed by atoms with Crippen molar-refractivity contribution in [2.45, 2.75) is 33.8 Å². The van der Waals surface area contributed by atoms with Crippen LogP contribution in [0.3, 0.4) is 0 Å². The van der Waals surface area contributed by atoms with Crippen LogP contribution in [0.15, 0.2) is 24.3 Å². The molecule has 0 bridgehead atoms. The lowest BCUT2D eigenvalue weighted by Crippen LogP contribution is -2.28. The Morgan fingerprint density at radius 1 is 1.14 bits per heavy atom. The number of H-pyrrole nitrogens is 1. The molecule has 1 heterocycles. The van der Waals surface area contributed by atoms with Gasteiger partial charge >= 0.3 is 11.9 Å². The second-order valence-corrected chi connectivity index (χ2v) is 6.49. The maximum atomic E-state index is 12.6. The lowest BCUT2D eigenvalue weighted by atomic mass is 10.1. The van der Waals surface area contributed by atoms with Gasteiger partial charge in [-0.3, -0.25) is 9.59 Å². The molecule has 0 aliphatic heterocycles. The number of aryl methyl sites for hydroxylation is 1. The topological polar surface area (TPSA) is 112 Å². The number of methoxy groups -OCH3 is 1. The van der Waals surface area contributed by atoms with Gasteiger partial charge in [-0.05, 0) is 45.4 Å². The van der Waals surface area contributed by atoms with Crippen molar-refractivity contribution in [1.29, 1.82) is 0 Å². The summed E-state index contributed by atoms with van der Waals surface area (Å²) in [6, 6.07) is 6.40. The highest BCUT2D eigenvalue weighted by Crippen LogP contribution is 2.21. The molecule has 0 unspecified atom stereocenters. The zero-order chi connectivity index (χ0) is 21.7. The summed E-state index contributed by atoms with van der Waals surface area (Å²) in [4.78, 5) is 50.8. The maximum absolute atomic E-state index is 12.6. The Morgan fingerprint density at radius 3 is 2.45 bits per heavy atom. The Balaban J connectivity index is 2.01. The van der Waals surface area contributed by atoms with E-state index < -0.39 is 30.4 Å². The molecule has 0 saturated heterocycles. The highest BCUT2D eigenvalue weighted by molar-refractivity contribution is 6.04. The lowest BCUT2D eigenvalue weighted by Gasteiger charge is -2.13. The van der Waals surface area contributed by atoms with Crippen molar-refractivity contribution in [3.63, 3.8) is 0 Å². The van der Waals surface area contributed by atoms with Crippen LogP contribution >= 0.6 is 0 Å². The van der Waals surface area contributed by atoms with E-state index in [1.807, 2.05) is 0 Å². The van der Waals surface area contributed by atoms with Crippen LogP contribution in [-0.4, -0.2) is 48.3 Å². The number of hydrogen-bond acceptors (Lipinski definition) is 7. The van der Waals surface area contributed by atoms with Crippen LogP contribution in [0.2, 0.25) is 0 Å². The van der Waals surface area contributed by atoms with E-state index in [4.69, 9.17) is 14.2 Å². The predicted molar refractivity (Wildman–Crippen MR) is 103 cm³/mol. The van der Waals surface area contributed by atoms with Crippen LogP contribution in [0.4, 0.5) is 0 Å². The van der Waals surface area contributed by atoms with Gasteiger partial charge in [-0.1, -0.05) is 12.1 Å². The second kappa shape index (κ2) is 9.18. The van der Waals surface area contributed by atoms with Crippen molar-refractivity contribution in [1.82, 2.24) is 4.98 Å². The van der Waals surface area contributed by atoms with Gasteiger partial charge in [-0.25, -0.2) is 9.59 Å². The van der Waals surface area contributed by atoms with E-state index in [0.717, 1.165) is 0 Å². The first kappa shape index (κ1) is 21.9. The minimum Gasteiger partial charge on any atom is -0.482 e. The van der Waals surface area contributed by atoms with Gasteiger partial charge < -0.3 is 19.2 Å². The molecule has 2 rings (SSSR count). The fourth-order valence-corrected chi connectivity index (χ4v) is 2.84. The molecule has 0 fully saturated rings. The molecule has 0 spiro atoms. The average molecular weight is 401 g/mol. The van der Waals surface area contributed by atoms with Crippen LogP contribution in [-0.2, 0) is 14.3 Å². The molecular weight excluding hydrogens is 378 g/mol. The van der Waals surface area contributed by atoms with Crippen LogP contribution in [0.1, 0.15) is 56.3 Å². The van der Waals surface area contributed by atoms with Crippen molar-refractivity contribution < 1.29 is 33.4 Å². The fraction of sp³-hybridized carbons (Fsp3) is 0.333. The first-order valence-corrected chi connectivity index (χ1v) is 8.90. The lowest BCUT2D eigenvalue weighted by molar-refractivity contribution is -0.148. The van der Waals surface area contributed by atoms with Gasteiger partial charge in [0.05, 0.1) is 18.4 Å². The number of aromatic nitrogens is 1. The second-order valence-electron chi connectivity index (χ2n) is 6.49. The first-order valence-electron chi connectivity index (χ1n) is 8.90. The molecule has 1 atom stereocenters. The zero-order valence-corrected chi connectivity index (χ0v) is 17.0. The van der Waals surface area contributed by atoms with E-state index in [0.29, 0.717) is 22.6 Å². The van der Waals surface area contributed by atoms with Crippen molar-refractivity contribution >= 4 is 23.5 Å². The summed E-state index contributed by atoms with van der Waals surface area (Å²) >= 11 is 0. The van der Waals surface area contributed by atoms with Crippen LogP contribution < -0.4 is 4.74 Å². The summed E-state index contributed by atoms with van der Waals surface area (Å²) in [6.45, 7) is 5.70. The third-order valence-electron chi connectivity index (χ3n) is 4.35. The van der Waals surface area contributed by atoms with E-state index in [9.17, 15) is 19.2 Å². The number of esters is 2. The molecule has 0 aliphatic carbocycles. The summed E-state index contributed by atoms with van der Waals surface area (Å²) in [6.07, 6.45) is -1.09. The normalized spacial score (nSPS) is 11.5. The Hall–Kier alpha value is -3.42. The van der Waals surface area contributed by atoms with E-state index >= 15 is 0 Å². The minimum atomic E-state index is -1.09. The summed E-state index contributed by atoms with van der Waals surface area (Å²) in [5.41, 5.74) is 1.84. The van der Waals surface area contributed by atoms with Crippen LogP contribution in [0.25, 0.3) is 0 Å². The van der Waals surface area contributed by atoms with Crippen molar-refractivity contribution in [3.05, 3.63) is 52.3 Å². The molecule has 0 saturated carbocycles. The smallest absolute Gasteiger partial charge is 0.344 e. The summed E-state index contributed by atoms with van der Waals surface area (Å²) in [7, 11) is 1.26. The molecule has 0 aliphatic rings. The molecule has 0 amide bonds. The number of nitrogens with one attached hydrogen (secondary N) is 1. The molecule has 8 heteroatoms. The van der Waals surface area contributed by atoms with Crippen molar-refractivity contribution in [2.24, 2.45) is 0 Å². The van der Waals surface area contributed by atoms with E-state index in [2.05, 4.69) is 4.98 Å². The summed E-state index contributed by atoms with van der Waals surface area (Å²) in [5, 5.41) is 0. The highest BCUT2D eigenvalue weighted by atomic mass is 16.6. The summed E-state index contributed by atoms with van der Waals surface area (Å²) < 4.78 is 15.2. The van der Waals surface area contributed by atoms with Crippen molar-refractivity contribution in [2.75, 3.05) is 13.7 Å². The van der Waals surface area contributed by atoms with Crippen LogP contribution in [0.5, 0.6) is 5.75 Å². The molecule has 29 heavy (non-hydrogen) atoms. The number of hydrogen-bond donors (Lipinski definition) is 1. The number of aromatic amines is 1. The van der Waals surface area contributed by atoms with Gasteiger partial charge in [0.25, 0.3) is 0 Å². The summed E-state index contributed by atoms with van der Waals surface area (Å²) in [5.74, 6) is -1.56. The Morgan fingerprint density at radius 2 is 1.83 bits per heavy atom. The first-order chi connectivity index (χ1) is 13.6. The average Bonchev–Trinajstić information content (AvgIpc) is 2.99. The van der Waals surface area contributed by atoms with Gasteiger partial charge in [0, 0.05) is 11.3 Å². The largest absolute Gasteiger partial charge is 0.482 e. The number of rotatable bonds is 8. The molecule has 0 radical (unpaired) electrons. The third kappa shape index (κ3) is 5.10. The van der Waals surface area contributed by atoms with E-state index in [-0.39, 0.29) is 17.0 Å². The highest BCUT2D eigenvalue weighted by Gasteiger charge is 2.27. The molecule has 1 aromatic carbocycles. The number of ether oxygens (including phenoxy) is 3. The molecule has 8 nitrogen and oxygen atoms in total. The molecule has 1 aromatic heterocycles. The molecule has 2 aromatic rings. The van der Waals surface area contributed by atoms with E-state index in [1.165, 1.54) is 27.0 Å². The van der Waals surface area contributed by atoms with E-state index in [1.54, 1.807) is 32.0 Å². The van der Waals surface area contributed by atoms with Gasteiger partial charge in [0.1, 0.15) is 5.75 Å². The Kier molecular flexibility index (Phi) is 6.93. The SMILES string of the molecule is COC(=O)c1c(C)[nH]c(C(=O)[C@@H](C)OC(=O)COc2cccc(C(C)=O)c2)c1C. The zero-order valence-electron chi connectivity index (χ0n) is 17.0. The van der Waals surface area contributed by atoms with Gasteiger partial charge in [-0.15, -0.1) is 0 Å². The number of ketones is 2.